The molecular weight excluding hydrogens is 186 g/mol. The normalized spacial score (nSPS) is 15.1. The molecule has 0 rings (SSSR count). The van der Waals surface area contributed by atoms with Crippen LogP contribution in [0.25, 0.3) is 0 Å². The molecule has 0 heterocycles. The fourth-order valence-electron chi connectivity index (χ4n) is 0.876. The van der Waals surface area contributed by atoms with Crippen molar-refractivity contribution in [3.05, 3.63) is 12.2 Å². The highest BCUT2D eigenvalue weighted by molar-refractivity contribution is 5.87. The van der Waals surface area contributed by atoms with Gasteiger partial charge in [0, 0.05) is 6.54 Å². The van der Waals surface area contributed by atoms with Crippen molar-refractivity contribution in [3.8, 4) is 0 Å². The third-order valence-electron chi connectivity index (χ3n) is 1.49. The van der Waals surface area contributed by atoms with Crippen molar-refractivity contribution < 1.29 is 19.8 Å². The summed E-state index contributed by atoms with van der Waals surface area (Å²) in [7, 11) is 0. The molecule has 80 valence electrons. The number of carboxylic acid groups (broad SMARTS) is 1. The lowest BCUT2D eigenvalue weighted by Crippen LogP contribution is -2.41. The minimum atomic E-state index is -1.41. The van der Waals surface area contributed by atoms with Crippen LogP contribution in [0.3, 0.4) is 0 Å². The molecule has 0 bridgehead atoms. The number of rotatable bonds is 5. The van der Waals surface area contributed by atoms with Gasteiger partial charge in [-0.25, -0.2) is 0 Å². The van der Waals surface area contributed by atoms with Gasteiger partial charge in [-0.15, -0.1) is 0 Å². The van der Waals surface area contributed by atoms with Crippen LogP contribution >= 0.6 is 0 Å². The van der Waals surface area contributed by atoms with Crippen molar-refractivity contribution in [2.75, 3.05) is 6.54 Å². The van der Waals surface area contributed by atoms with E-state index in [-0.39, 0.29) is 12.5 Å². The minimum Gasteiger partial charge on any atom is -0.481 e. The Kier molecular flexibility index (Phi) is 4.86. The molecule has 1 unspecified atom stereocenters. The topological polar surface area (TPSA) is 86.6 Å². The first-order chi connectivity index (χ1) is 6.37. The van der Waals surface area contributed by atoms with E-state index >= 15 is 0 Å². The molecule has 3 N–H and O–H groups in total. The zero-order valence-electron chi connectivity index (χ0n) is 8.28. The standard InChI is InChI=1S/C9H15NO4/c1-3-4-7(11)10-6-9(2,14)5-8(12)13/h3-4,14H,5-6H2,1-2H3,(H,10,11)(H,12,13). The van der Waals surface area contributed by atoms with Crippen molar-refractivity contribution in [3.63, 3.8) is 0 Å². The Morgan fingerprint density at radius 1 is 1.50 bits per heavy atom. The van der Waals surface area contributed by atoms with Gasteiger partial charge in [-0.1, -0.05) is 6.08 Å². The van der Waals surface area contributed by atoms with Gasteiger partial charge >= 0.3 is 5.97 Å². The summed E-state index contributed by atoms with van der Waals surface area (Å²) < 4.78 is 0. The van der Waals surface area contributed by atoms with E-state index in [2.05, 4.69) is 5.32 Å². The predicted molar refractivity (Wildman–Crippen MR) is 50.7 cm³/mol. The summed E-state index contributed by atoms with van der Waals surface area (Å²) in [5.74, 6) is -1.45. The molecule has 0 fully saturated rings. The van der Waals surface area contributed by atoms with Gasteiger partial charge in [0.15, 0.2) is 0 Å². The number of nitrogens with one attached hydrogen (secondary N) is 1. The quantitative estimate of drug-likeness (QED) is 0.542. The summed E-state index contributed by atoms with van der Waals surface area (Å²) >= 11 is 0. The molecule has 0 saturated heterocycles. The van der Waals surface area contributed by atoms with Gasteiger partial charge in [0.1, 0.15) is 0 Å². The van der Waals surface area contributed by atoms with Gasteiger partial charge in [0.2, 0.25) is 5.91 Å². The summed E-state index contributed by atoms with van der Waals surface area (Å²) in [4.78, 5) is 21.2. The molecule has 1 amide bonds. The third-order valence-corrected chi connectivity index (χ3v) is 1.49. The Labute approximate surface area is 82.4 Å². The molecule has 0 radical (unpaired) electrons. The lowest BCUT2D eigenvalue weighted by atomic mass is 10.0. The maximum absolute atomic E-state index is 10.9. The number of carbonyl (C=O) groups is 2. The van der Waals surface area contributed by atoms with Crippen molar-refractivity contribution in [2.24, 2.45) is 0 Å². The predicted octanol–water partition coefficient (Wildman–Crippen LogP) is -0.0956. The molecule has 0 aliphatic rings. The second-order valence-corrected chi connectivity index (χ2v) is 3.29. The number of aliphatic carboxylic acids is 1. The summed E-state index contributed by atoms with van der Waals surface area (Å²) in [5, 5.41) is 20.3. The van der Waals surface area contributed by atoms with Gasteiger partial charge in [0.25, 0.3) is 0 Å². The lowest BCUT2D eigenvalue weighted by molar-refractivity contribution is -0.142. The molecule has 5 nitrogen and oxygen atoms in total. The summed E-state index contributed by atoms with van der Waals surface area (Å²) in [6.45, 7) is 2.97. The molecule has 0 aromatic rings. The van der Waals surface area contributed by atoms with E-state index in [1.165, 1.54) is 13.0 Å². The van der Waals surface area contributed by atoms with Crippen LogP contribution in [-0.4, -0.2) is 34.2 Å². The molecule has 0 saturated carbocycles. The van der Waals surface area contributed by atoms with Crippen LogP contribution in [0, 0.1) is 0 Å². The van der Waals surface area contributed by atoms with E-state index in [4.69, 9.17) is 5.11 Å². The first kappa shape index (κ1) is 12.6. The maximum atomic E-state index is 10.9. The van der Waals surface area contributed by atoms with Crippen molar-refractivity contribution >= 4 is 11.9 Å². The average molecular weight is 201 g/mol. The third kappa shape index (κ3) is 6.19. The molecule has 1 atom stereocenters. The Balaban J connectivity index is 3.98. The van der Waals surface area contributed by atoms with Crippen LogP contribution < -0.4 is 5.32 Å². The summed E-state index contributed by atoms with van der Waals surface area (Å²) in [6.07, 6.45) is 2.46. The number of hydrogen-bond donors (Lipinski definition) is 3. The minimum absolute atomic E-state index is 0.0809. The number of hydrogen-bond acceptors (Lipinski definition) is 3. The highest BCUT2D eigenvalue weighted by Gasteiger charge is 2.24. The number of aliphatic hydroxyl groups is 1. The Morgan fingerprint density at radius 3 is 2.50 bits per heavy atom. The highest BCUT2D eigenvalue weighted by atomic mass is 16.4. The smallest absolute Gasteiger partial charge is 0.306 e. The maximum Gasteiger partial charge on any atom is 0.306 e. The molecule has 0 aliphatic heterocycles. The molecule has 0 aliphatic carbocycles. The van der Waals surface area contributed by atoms with Gasteiger partial charge < -0.3 is 15.5 Å². The first-order valence-electron chi connectivity index (χ1n) is 4.22. The van der Waals surface area contributed by atoms with Crippen molar-refractivity contribution in [1.82, 2.24) is 5.32 Å². The van der Waals surface area contributed by atoms with Crippen molar-refractivity contribution in [2.45, 2.75) is 25.9 Å². The zero-order valence-corrected chi connectivity index (χ0v) is 8.28. The average Bonchev–Trinajstić information content (AvgIpc) is 1.99. The van der Waals surface area contributed by atoms with Crippen molar-refractivity contribution in [1.29, 1.82) is 0 Å². The van der Waals surface area contributed by atoms with E-state index in [0.29, 0.717) is 0 Å². The molecule has 0 aromatic carbocycles. The van der Waals surface area contributed by atoms with E-state index in [9.17, 15) is 14.7 Å². The van der Waals surface area contributed by atoms with Crippen LogP contribution in [-0.2, 0) is 9.59 Å². The number of carboxylic acids is 1. The van der Waals surface area contributed by atoms with E-state index < -0.39 is 18.0 Å². The SMILES string of the molecule is CC=CC(=O)NCC(C)(O)CC(=O)O. The van der Waals surface area contributed by atoms with Gasteiger partial charge in [-0.3, -0.25) is 9.59 Å². The van der Waals surface area contributed by atoms with Gasteiger partial charge in [-0.2, -0.15) is 0 Å². The van der Waals surface area contributed by atoms with Crippen LogP contribution in [0.4, 0.5) is 0 Å². The monoisotopic (exact) mass is 201 g/mol. The van der Waals surface area contributed by atoms with Crippen LogP contribution in [0.2, 0.25) is 0 Å². The van der Waals surface area contributed by atoms with Gasteiger partial charge in [-0.05, 0) is 19.9 Å². The zero-order chi connectivity index (χ0) is 11.2. The Morgan fingerprint density at radius 2 is 2.07 bits per heavy atom. The van der Waals surface area contributed by atoms with Crippen LogP contribution in [0.5, 0.6) is 0 Å². The second kappa shape index (κ2) is 5.39. The number of allylic oxidation sites excluding steroid dienone is 1. The van der Waals surface area contributed by atoms with Crippen LogP contribution in [0.15, 0.2) is 12.2 Å². The molecule has 5 heteroatoms. The fraction of sp³-hybridized carbons (Fsp3) is 0.556. The van der Waals surface area contributed by atoms with E-state index in [1.54, 1.807) is 13.0 Å². The summed E-state index contributed by atoms with van der Waals surface area (Å²) in [5.41, 5.74) is -1.41. The summed E-state index contributed by atoms with van der Waals surface area (Å²) in [6, 6.07) is 0. The molecular formula is C9H15NO4. The molecule has 0 spiro atoms. The highest BCUT2D eigenvalue weighted by Crippen LogP contribution is 2.06. The van der Waals surface area contributed by atoms with Gasteiger partial charge in [0.05, 0.1) is 12.0 Å². The molecule has 14 heavy (non-hydrogen) atoms. The number of amides is 1. The Bertz CT molecular complexity index is 245. The first-order valence-corrected chi connectivity index (χ1v) is 4.22. The Hall–Kier alpha value is -1.36. The van der Waals surface area contributed by atoms with Crippen LogP contribution in [0.1, 0.15) is 20.3 Å². The second-order valence-electron chi connectivity index (χ2n) is 3.29. The molecule has 0 aromatic heterocycles. The van der Waals surface area contributed by atoms with E-state index in [0.717, 1.165) is 0 Å². The fourth-order valence-corrected chi connectivity index (χ4v) is 0.876. The number of carbonyl (C=O) groups excluding carboxylic acids is 1. The lowest BCUT2D eigenvalue weighted by Gasteiger charge is -2.20. The largest absolute Gasteiger partial charge is 0.481 e. The van der Waals surface area contributed by atoms with E-state index in [1.807, 2.05) is 0 Å².